The fourth-order valence-electron chi connectivity index (χ4n) is 3.35. The first-order chi connectivity index (χ1) is 12.3. The number of aliphatic carboxylic acids is 1. The Morgan fingerprint density at radius 2 is 2.07 bits per heavy atom. The van der Waals surface area contributed by atoms with Gasteiger partial charge in [-0.05, 0) is 64.4 Å². The van der Waals surface area contributed by atoms with Crippen molar-refractivity contribution in [3.63, 3.8) is 0 Å². The van der Waals surface area contributed by atoms with E-state index in [1.165, 1.54) is 6.07 Å². The van der Waals surface area contributed by atoms with Gasteiger partial charge in [0.15, 0.2) is 0 Å². The van der Waals surface area contributed by atoms with Gasteiger partial charge >= 0.3 is 5.97 Å². The molecule has 0 saturated carbocycles. The summed E-state index contributed by atoms with van der Waals surface area (Å²) in [4.78, 5) is 27.4. The van der Waals surface area contributed by atoms with Crippen molar-refractivity contribution in [2.45, 2.75) is 45.2 Å². The topological polar surface area (TPSA) is 72.9 Å². The average Bonchev–Trinajstić information content (AvgIpc) is 2.83. The molecule has 1 fully saturated rings. The standard InChI is InChI=1S/C19H28FN3O3.ClH/c1-13-6-7-15(11-17(13)20)21-19(26)14(2)23-9-4-5-16(8-10-23)22(3)12-18(24)25;/h6-7,11,14,16H,4-5,8-10,12H2,1-3H3,(H,21,26)(H,24,25);1H. The van der Waals surface area contributed by atoms with Crippen LogP contribution in [0.3, 0.4) is 0 Å². The molecule has 0 aliphatic carbocycles. The van der Waals surface area contributed by atoms with Crippen LogP contribution >= 0.6 is 12.4 Å². The Morgan fingerprint density at radius 1 is 1.37 bits per heavy atom. The highest BCUT2D eigenvalue weighted by Gasteiger charge is 2.27. The van der Waals surface area contributed by atoms with Crippen molar-refractivity contribution >= 4 is 30.0 Å². The summed E-state index contributed by atoms with van der Waals surface area (Å²) >= 11 is 0. The number of amides is 1. The molecule has 27 heavy (non-hydrogen) atoms. The van der Waals surface area contributed by atoms with E-state index in [9.17, 15) is 14.0 Å². The summed E-state index contributed by atoms with van der Waals surface area (Å²) in [7, 11) is 1.83. The Labute approximate surface area is 166 Å². The Morgan fingerprint density at radius 3 is 2.70 bits per heavy atom. The number of nitrogens with zero attached hydrogens (tertiary/aromatic N) is 2. The molecule has 2 atom stereocenters. The molecule has 2 unspecified atom stereocenters. The summed E-state index contributed by atoms with van der Waals surface area (Å²) in [5.74, 6) is -1.33. The van der Waals surface area contributed by atoms with Crippen molar-refractivity contribution in [2.24, 2.45) is 0 Å². The Bertz CT molecular complexity index is 659. The minimum absolute atomic E-state index is 0. The molecule has 8 heteroatoms. The number of carbonyl (C=O) groups excluding carboxylic acids is 1. The number of likely N-dealkylation sites (N-methyl/N-ethyl adjacent to an activating group) is 1. The van der Waals surface area contributed by atoms with E-state index in [-0.39, 0.29) is 42.8 Å². The number of hydrogen-bond donors (Lipinski definition) is 2. The van der Waals surface area contributed by atoms with Crippen LogP contribution in [-0.2, 0) is 9.59 Å². The molecule has 1 amide bonds. The third-order valence-corrected chi connectivity index (χ3v) is 5.11. The molecule has 2 rings (SSSR count). The number of halogens is 2. The van der Waals surface area contributed by atoms with Crippen molar-refractivity contribution in [1.29, 1.82) is 0 Å². The van der Waals surface area contributed by atoms with Crippen LogP contribution in [0.1, 0.15) is 31.7 Å². The number of likely N-dealkylation sites (tertiary alicyclic amines) is 1. The molecule has 0 aromatic heterocycles. The van der Waals surface area contributed by atoms with Gasteiger partial charge in [-0.15, -0.1) is 12.4 Å². The van der Waals surface area contributed by atoms with Crippen molar-refractivity contribution in [2.75, 3.05) is 32.0 Å². The SMILES string of the molecule is Cc1ccc(NC(=O)C(C)N2CCCC(N(C)CC(=O)O)CC2)cc1F.Cl. The fourth-order valence-corrected chi connectivity index (χ4v) is 3.35. The number of nitrogens with one attached hydrogen (secondary N) is 1. The number of benzene rings is 1. The van der Waals surface area contributed by atoms with Crippen molar-refractivity contribution in [3.05, 3.63) is 29.6 Å². The number of rotatable bonds is 6. The van der Waals surface area contributed by atoms with Gasteiger partial charge in [-0.1, -0.05) is 6.07 Å². The van der Waals surface area contributed by atoms with Gasteiger partial charge in [-0.2, -0.15) is 0 Å². The molecule has 1 heterocycles. The number of carboxylic acids is 1. The predicted octanol–water partition coefficient (Wildman–Crippen LogP) is 2.75. The van der Waals surface area contributed by atoms with E-state index in [1.807, 2.05) is 18.9 Å². The summed E-state index contributed by atoms with van der Waals surface area (Å²) in [6.07, 6.45) is 2.64. The van der Waals surface area contributed by atoms with Gasteiger partial charge in [0.1, 0.15) is 5.82 Å². The second-order valence-electron chi connectivity index (χ2n) is 7.06. The number of aryl methyl sites for hydroxylation is 1. The lowest BCUT2D eigenvalue weighted by molar-refractivity contribution is -0.138. The third kappa shape index (κ3) is 6.75. The Balaban J connectivity index is 0.00000364. The highest BCUT2D eigenvalue weighted by atomic mass is 35.5. The third-order valence-electron chi connectivity index (χ3n) is 5.11. The largest absolute Gasteiger partial charge is 0.480 e. The minimum atomic E-state index is -0.827. The molecule has 152 valence electrons. The Kier molecular flexibility index (Phi) is 9.15. The van der Waals surface area contributed by atoms with Crippen LogP contribution in [0.2, 0.25) is 0 Å². The lowest BCUT2D eigenvalue weighted by atomic mass is 10.1. The zero-order valence-electron chi connectivity index (χ0n) is 16.1. The maximum atomic E-state index is 13.6. The molecule has 1 aliphatic heterocycles. The molecule has 1 saturated heterocycles. The van der Waals surface area contributed by atoms with Crippen LogP contribution in [0, 0.1) is 12.7 Å². The monoisotopic (exact) mass is 401 g/mol. The molecule has 0 radical (unpaired) electrons. The highest BCUT2D eigenvalue weighted by Crippen LogP contribution is 2.19. The summed E-state index contributed by atoms with van der Waals surface area (Å²) in [6, 6.07) is 4.55. The normalized spacial score (nSPS) is 19.1. The first kappa shape index (κ1) is 23.3. The van der Waals surface area contributed by atoms with E-state index in [1.54, 1.807) is 19.1 Å². The van der Waals surface area contributed by atoms with Crippen LogP contribution in [0.15, 0.2) is 18.2 Å². The van der Waals surface area contributed by atoms with E-state index in [0.29, 0.717) is 11.3 Å². The van der Waals surface area contributed by atoms with Crippen molar-refractivity contribution < 1.29 is 19.1 Å². The lowest BCUT2D eigenvalue weighted by Gasteiger charge is -2.28. The van der Waals surface area contributed by atoms with Gasteiger partial charge in [-0.3, -0.25) is 19.4 Å². The maximum absolute atomic E-state index is 13.6. The molecule has 1 aromatic carbocycles. The maximum Gasteiger partial charge on any atom is 0.317 e. The highest BCUT2D eigenvalue weighted by molar-refractivity contribution is 5.94. The zero-order valence-corrected chi connectivity index (χ0v) is 16.9. The second kappa shape index (κ2) is 10.6. The van der Waals surface area contributed by atoms with E-state index in [0.717, 1.165) is 32.4 Å². The van der Waals surface area contributed by atoms with Crippen molar-refractivity contribution in [3.8, 4) is 0 Å². The van der Waals surface area contributed by atoms with Crippen LogP contribution in [0.5, 0.6) is 0 Å². The molecule has 0 spiro atoms. The van der Waals surface area contributed by atoms with Crippen LogP contribution in [0.4, 0.5) is 10.1 Å². The van der Waals surface area contributed by atoms with E-state index in [2.05, 4.69) is 10.2 Å². The number of anilines is 1. The van der Waals surface area contributed by atoms with Gasteiger partial charge in [-0.25, -0.2) is 4.39 Å². The van der Waals surface area contributed by atoms with E-state index >= 15 is 0 Å². The first-order valence-corrected chi connectivity index (χ1v) is 9.01. The minimum Gasteiger partial charge on any atom is -0.480 e. The first-order valence-electron chi connectivity index (χ1n) is 9.01. The molecule has 0 bridgehead atoms. The van der Waals surface area contributed by atoms with Gasteiger partial charge in [0.2, 0.25) is 5.91 Å². The van der Waals surface area contributed by atoms with Gasteiger partial charge in [0, 0.05) is 18.3 Å². The van der Waals surface area contributed by atoms with Gasteiger partial charge in [0.05, 0.1) is 12.6 Å². The summed E-state index contributed by atoms with van der Waals surface area (Å²) in [5, 5.41) is 11.7. The van der Waals surface area contributed by atoms with E-state index in [4.69, 9.17) is 5.11 Å². The molecular weight excluding hydrogens is 373 g/mol. The van der Waals surface area contributed by atoms with Crippen LogP contribution in [0.25, 0.3) is 0 Å². The van der Waals surface area contributed by atoms with Gasteiger partial charge in [0.25, 0.3) is 0 Å². The number of carboxylic acid groups (broad SMARTS) is 1. The van der Waals surface area contributed by atoms with E-state index < -0.39 is 5.97 Å². The Hall–Kier alpha value is -1.70. The van der Waals surface area contributed by atoms with Crippen LogP contribution < -0.4 is 5.32 Å². The molecule has 1 aromatic rings. The fraction of sp³-hybridized carbons (Fsp3) is 0.579. The van der Waals surface area contributed by atoms with Crippen molar-refractivity contribution in [1.82, 2.24) is 9.80 Å². The molecular formula is C19H29ClFN3O3. The summed E-state index contributed by atoms with van der Waals surface area (Å²) in [5.41, 5.74) is 0.999. The molecule has 6 nitrogen and oxygen atoms in total. The number of carbonyl (C=O) groups is 2. The smallest absolute Gasteiger partial charge is 0.317 e. The molecule has 1 aliphatic rings. The predicted molar refractivity (Wildman–Crippen MR) is 106 cm³/mol. The second-order valence-corrected chi connectivity index (χ2v) is 7.06. The summed E-state index contributed by atoms with van der Waals surface area (Å²) < 4.78 is 13.6. The van der Waals surface area contributed by atoms with Crippen LogP contribution in [-0.4, -0.2) is 65.5 Å². The number of hydrogen-bond acceptors (Lipinski definition) is 4. The lowest BCUT2D eigenvalue weighted by Crippen LogP contribution is -2.43. The summed E-state index contributed by atoms with van der Waals surface area (Å²) in [6.45, 7) is 5.07. The molecule has 2 N–H and O–H groups in total. The zero-order chi connectivity index (χ0) is 19.3. The van der Waals surface area contributed by atoms with Gasteiger partial charge < -0.3 is 10.4 Å². The average molecular weight is 402 g/mol. The quantitative estimate of drug-likeness (QED) is 0.766.